The van der Waals surface area contributed by atoms with Gasteiger partial charge >= 0.3 is 0 Å². The van der Waals surface area contributed by atoms with Gasteiger partial charge in [-0.05, 0) is 17.7 Å². The van der Waals surface area contributed by atoms with Crippen LogP contribution in [0.15, 0.2) is 47.5 Å². The molecule has 0 saturated carbocycles. The molecule has 0 bridgehead atoms. The van der Waals surface area contributed by atoms with Gasteiger partial charge < -0.3 is 0 Å². The lowest BCUT2D eigenvalue weighted by atomic mass is 10.1. The van der Waals surface area contributed by atoms with Gasteiger partial charge in [0.05, 0.1) is 0 Å². The van der Waals surface area contributed by atoms with Crippen LogP contribution in [0.25, 0.3) is 16.8 Å². The summed E-state index contributed by atoms with van der Waals surface area (Å²) in [6.07, 6.45) is 3.13. The molecule has 5 heteroatoms. The molecule has 0 unspecified atom stereocenters. The molecule has 2 aromatic heterocycles. The molecule has 3 aromatic rings. The van der Waals surface area contributed by atoms with Gasteiger partial charge in [-0.3, -0.25) is 9.89 Å². The van der Waals surface area contributed by atoms with Crippen molar-refractivity contribution in [2.24, 2.45) is 0 Å². The van der Waals surface area contributed by atoms with Crippen molar-refractivity contribution in [1.82, 2.24) is 14.6 Å². The monoisotopic (exact) mass is 229 g/mol. The summed E-state index contributed by atoms with van der Waals surface area (Å²) in [5.41, 5.74) is 1.93. The van der Waals surface area contributed by atoms with E-state index in [0.717, 1.165) is 11.1 Å². The molecule has 17 heavy (non-hydrogen) atoms. The second kappa shape index (κ2) is 3.55. The smallest absolute Gasteiger partial charge is 0.272 e. The summed E-state index contributed by atoms with van der Waals surface area (Å²) in [6.45, 7) is 0. The summed E-state index contributed by atoms with van der Waals surface area (Å²) >= 11 is 0. The molecule has 0 saturated heterocycles. The molecule has 0 atom stereocenters. The Kier molecular flexibility index (Phi) is 2.04. The molecule has 0 amide bonds. The fourth-order valence-electron chi connectivity index (χ4n) is 1.76. The van der Waals surface area contributed by atoms with Gasteiger partial charge in [0.1, 0.15) is 5.82 Å². The lowest BCUT2D eigenvalue weighted by Gasteiger charge is -1.97. The number of nitrogens with zero attached hydrogens (tertiary/aromatic N) is 2. The van der Waals surface area contributed by atoms with E-state index in [1.807, 2.05) is 0 Å². The molecule has 1 aromatic carbocycles. The third kappa shape index (κ3) is 1.52. The van der Waals surface area contributed by atoms with Crippen LogP contribution in [0.5, 0.6) is 0 Å². The summed E-state index contributed by atoms with van der Waals surface area (Å²) in [4.78, 5) is 15.6. The zero-order valence-electron chi connectivity index (χ0n) is 8.72. The Morgan fingerprint density at radius 3 is 2.71 bits per heavy atom. The minimum Gasteiger partial charge on any atom is -0.296 e. The number of aromatic amines is 1. The van der Waals surface area contributed by atoms with E-state index in [9.17, 15) is 9.18 Å². The number of halogens is 1. The van der Waals surface area contributed by atoms with Crippen molar-refractivity contribution < 1.29 is 4.39 Å². The first-order valence-corrected chi connectivity index (χ1v) is 5.07. The van der Waals surface area contributed by atoms with E-state index < -0.39 is 0 Å². The average molecular weight is 229 g/mol. The van der Waals surface area contributed by atoms with Crippen LogP contribution < -0.4 is 5.56 Å². The highest BCUT2D eigenvalue weighted by atomic mass is 19.1. The van der Waals surface area contributed by atoms with Crippen LogP contribution in [0.4, 0.5) is 4.39 Å². The molecule has 0 aliphatic heterocycles. The first-order chi connectivity index (χ1) is 8.25. The average Bonchev–Trinajstić information content (AvgIpc) is 2.75. The number of hydrogen-bond donors (Lipinski definition) is 1. The summed E-state index contributed by atoms with van der Waals surface area (Å²) < 4.78 is 14.2. The molecular weight excluding hydrogens is 221 g/mol. The molecule has 0 radical (unpaired) electrons. The first-order valence-electron chi connectivity index (χ1n) is 5.07. The topological polar surface area (TPSA) is 50.2 Å². The molecular formula is C12H8FN3O. The van der Waals surface area contributed by atoms with Crippen LogP contribution in [0, 0.1) is 5.82 Å². The highest BCUT2D eigenvalue weighted by Crippen LogP contribution is 2.22. The summed E-state index contributed by atoms with van der Waals surface area (Å²) in [5, 5.41) is 2.82. The number of benzene rings is 1. The second-order valence-corrected chi connectivity index (χ2v) is 3.64. The predicted octanol–water partition coefficient (Wildman–Crippen LogP) is 1.83. The maximum absolute atomic E-state index is 12.8. The van der Waals surface area contributed by atoms with Crippen LogP contribution in [0.1, 0.15) is 0 Å². The Labute approximate surface area is 95.3 Å². The molecule has 3 rings (SSSR count). The summed E-state index contributed by atoms with van der Waals surface area (Å²) in [5.74, 6) is -0.293. The number of fused-ring (bicyclic) bond motifs is 1. The van der Waals surface area contributed by atoms with Gasteiger partial charge in [-0.25, -0.2) is 13.9 Å². The van der Waals surface area contributed by atoms with Crippen LogP contribution in [0.3, 0.4) is 0 Å². The van der Waals surface area contributed by atoms with Gasteiger partial charge in [0.25, 0.3) is 5.56 Å². The first kappa shape index (κ1) is 9.77. The molecule has 0 fully saturated rings. The Morgan fingerprint density at radius 2 is 1.94 bits per heavy atom. The van der Waals surface area contributed by atoms with E-state index in [4.69, 9.17) is 0 Å². The quantitative estimate of drug-likeness (QED) is 0.692. The summed E-state index contributed by atoms with van der Waals surface area (Å²) in [7, 11) is 0. The van der Waals surface area contributed by atoms with Gasteiger partial charge in [0, 0.05) is 24.0 Å². The van der Waals surface area contributed by atoms with Gasteiger partial charge in [-0.15, -0.1) is 0 Å². The molecule has 2 heterocycles. The van der Waals surface area contributed by atoms with Gasteiger partial charge in [-0.2, -0.15) is 0 Å². The van der Waals surface area contributed by atoms with Crippen molar-refractivity contribution in [3.63, 3.8) is 0 Å². The van der Waals surface area contributed by atoms with Gasteiger partial charge in [-0.1, -0.05) is 12.1 Å². The van der Waals surface area contributed by atoms with Crippen molar-refractivity contribution in [2.45, 2.75) is 0 Å². The number of nitrogens with one attached hydrogen (secondary N) is 1. The Morgan fingerprint density at radius 1 is 1.18 bits per heavy atom. The number of H-pyrrole nitrogens is 1. The van der Waals surface area contributed by atoms with Crippen molar-refractivity contribution in [2.75, 3.05) is 0 Å². The zero-order chi connectivity index (χ0) is 11.8. The van der Waals surface area contributed by atoms with E-state index >= 15 is 0 Å². The summed E-state index contributed by atoms with van der Waals surface area (Å²) in [6, 6.07) is 7.42. The number of rotatable bonds is 1. The highest BCUT2D eigenvalue weighted by molar-refractivity contribution is 5.76. The third-order valence-electron chi connectivity index (χ3n) is 2.58. The van der Waals surface area contributed by atoms with Crippen LogP contribution in [-0.2, 0) is 0 Å². The number of hydrogen-bond acceptors (Lipinski definition) is 2. The van der Waals surface area contributed by atoms with Gasteiger partial charge in [0.2, 0.25) is 0 Å². The van der Waals surface area contributed by atoms with E-state index in [-0.39, 0.29) is 11.4 Å². The fourth-order valence-corrected chi connectivity index (χ4v) is 1.76. The third-order valence-corrected chi connectivity index (χ3v) is 2.58. The standard InChI is InChI=1S/C12H8FN3O/c13-9-3-1-8(2-4-9)10-7-15-16-11(17)5-6-14-12(10)16/h1-7,15H. The second-order valence-electron chi connectivity index (χ2n) is 3.64. The largest absolute Gasteiger partial charge is 0.296 e. The maximum Gasteiger partial charge on any atom is 0.272 e. The fraction of sp³-hybridized carbons (Fsp3) is 0. The van der Waals surface area contributed by atoms with E-state index in [0.29, 0.717) is 5.65 Å². The Balaban J connectivity index is 2.28. The van der Waals surface area contributed by atoms with Crippen molar-refractivity contribution in [3.05, 3.63) is 58.9 Å². The van der Waals surface area contributed by atoms with Crippen molar-refractivity contribution in [3.8, 4) is 11.1 Å². The SMILES string of the molecule is O=c1ccnc2c(-c3ccc(F)cc3)c[nH]n12. The Bertz CT molecular complexity index is 727. The molecule has 84 valence electrons. The van der Waals surface area contributed by atoms with Crippen LogP contribution >= 0.6 is 0 Å². The normalized spacial score (nSPS) is 10.9. The number of aromatic nitrogens is 3. The van der Waals surface area contributed by atoms with E-state index in [2.05, 4.69) is 10.1 Å². The maximum atomic E-state index is 12.8. The molecule has 0 aliphatic rings. The van der Waals surface area contributed by atoms with Crippen molar-refractivity contribution >= 4 is 5.65 Å². The molecule has 0 aliphatic carbocycles. The predicted molar refractivity (Wildman–Crippen MR) is 61.2 cm³/mol. The lowest BCUT2D eigenvalue weighted by molar-refractivity contribution is 0.628. The molecule has 0 spiro atoms. The highest BCUT2D eigenvalue weighted by Gasteiger charge is 2.07. The zero-order valence-corrected chi connectivity index (χ0v) is 8.72. The van der Waals surface area contributed by atoms with Crippen LogP contribution in [0.2, 0.25) is 0 Å². The Hall–Kier alpha value is -2.43. The van der Waals surface area contributed by atoms with E-state index in [1.54, 1.807) is 18.3 Å². The lowest BCUT2D eigenvalue weighted by Crippen LogP contribution is -2.12. The van der Waals surface area contributed by atoms with Crippen LogP contribution in [-0.4, -0.2) is 14.6 Å². The molecule has 4 nitrogen and oxygen atoms in total. The minimum absolute atomic E-state index is 0.177. The van der Waals surface area contributed by atoms with E-state index in [1.165, 1.54) is 28.9 Å². The van der Waals surface area contributed by atoms with Crippen molar-refractivity contribution in [1.29, 1.82) is 0 Å². The molecule has 1 N–H and O–H groups in total. The minimum atomic E-state index is -0.293. The van der Waals surface area contributed by atoms with Gasteiger partial charge in [0.15, 0.2) is 5.65 Å².